The molecule has 0 saturated heterocycles. The Morgan fingerprint density at radius 3 is 2.88 bits per heavy atom. The van der Waals surface area contributed by atoms with Gasteiger partial charge in [-0.3, -0.25) is 0 Å². The van der Waals surface area contributed by atoms with Crippen LogP contribution in [0.2, 0.25) is 0 Å². The zero-order valence-electron chi connectivity index (χ0n) is 10.1. The molecule has 90 valence electrons. The number of imidazole rings is 1. The number of nitrogens with two attached hydrogens (primary N) is 1. The van der Waals surface area contributed by atoms with Gasteiger partial charge in [0.2, 0.25) is 0 Å². The molecule has 17 heavy (non-hydrogen) atoms. The quantitative estimate of drug-likeness (QED) is 0.847. The highest BCUT2D eigenvalue weighted by Crippen LogP contribution is 2.28. The number of nitrogens with zero attached hydrogens (tertiary/aromatic N) is 1. The largest absolute Gasteiger partial charge is 0.496 e. The molecule has 0 aliphatic carbocycles. The lowest BCUT2D eigenvalue weighted by atomic mass is 10.1. The van der Waals surface area contributed by atoms with E-state index < -0.39 is 0 Å². The van der Waals surface area contributed by atoms with Crippen molar-refractivity contribution in [2.75, 3.05) is 13.7 Å². The Balaban J connectivity index is 2.37. The van der Waals surface area contributed by atoms with Gasteiger partial charge in [-0.15, -0.1) is 0 Å². The van der Waals surface area contributed by atoms with E-state index in [4.69, 9.17) is 10.5 Å². The van der Waals surface area contributed by atoms with E-state index in [-0.39, 0.29) is 5.92 Å². The van der Waals surface area contributed by atoms with Gasteiger partial charge >= 0.3 is 0 Å². The second-order valence-electron chi connectivity index (χ2n) is 4.02. The average Bonchev–Trinajstić information content (AvgIpc) is 2.87. The van der Waals surface area contributed by atoms with Crippen LogP contribution < -0.4 is 10.5 Å². The molecule has 0 amide bonds. The first kappa shape index (κ1) is 11.7. The zero-order chi connectivity index (χ0) is 12.3. The van der Waals surface area contributed by atoms with Crippen molar-refractivity contribution in [3.8, 4) is 17.0 Å². The molecule has 0 aliphatic rings. The van der Waals surface area contributed by atoms with Gasteiger partial charge in [0, 0.05) is 18.0 Å². The van der Waals surface area contributed by atoms with Crippen molar-refractivity contribution in [1.82, 2.24) is 9.97 Å². The van der Waals surface area contributed by atoms with Crippen molar-refractivity contribution in [2.24, 2.45) is 5.73 Å². The van der Waals surface area contributed by atoms with E-state index in [2.05, 4.69) is 9.97 Å². The number of rotatable bonds is 4. The number of ether oxygens (including phenoxy) is 1. The third-order valence-electron chi connectivity index (χ3n) is 2.81. The number of hydrogen-bond donors (Lipinski definition) is 2. The van der Waals surface area contributed by atoms with Gasteiger partial charge in [-0.1, -0.05) is 19.1 Å². The molecule has 1 atom stereocenters. The second-order valence-corrected chi connectivity index (χ2v) is 4.02. The summed E-state index contributed by atoms with van der Waals surface area (Å²) in [6.07, 6.45) is 1.82. The number of nitrogens with one attached hydrogen (secondary N) is 1. The Bertz CT molecular complexity index is 493. The number of para-hydroxylation sites is 1. The normalized spacial score (nSPS) is 12.4. The maximum absolute atomic E-state index is 5.62. The molecule has 3 N–H and O–H groups in total. The fourth-order valence-corrected chi connectivity index (χ4v) is 1.70. The van der Waals surface area contributed by atoms with Crippen molar-refractivity contribution < 1.29 is 4.74 Å². The van der Waals surface area contributed by atoms with Crippen LogP contribution in [0, 0.1) is 0 Å². The third kappa shape index (κ3) is 2.31. The Hall–Kier alpha value is -1.81. The summed E-state index contributed by atoms with van der Waals surface area (Å²) < 4.78 is 5.32. The van der Waals surface area contributed by atoms with E-state index in [1.807, 2.05) is 37.4 Å². The van der Waals surface area contributed by atoms with Gasteiger partial charge in [0.25, 0.3) is 0 Å². The van der Waals surface area contributed by atoms with E-state index in [1.165, 1.54) is 0 Å². The van der Waals surface area contributed by atoms with Gasteiger partial charge in [-0.2, -0.15) is 0 Å². The van der Waals surface area contributed by atoms with Crippen LogP contribution in [0.4, 0.5) is 0 Å². The SMILES string of the molecule is COc1ccccc1-c1cnc(C(C)CN)[nH]1. The molecule has 4 heteroatoms. The molecular formula is C13H17N3O. The molecule has 0 aliphatic heterocycles. The molecule has 2 rings (SSSR count). The van der Waals surface area contributed by atoms with Crippen molar-refractivity contribution in [2.45, 2.75) is 12.8 Å². The molecule has 0 spiro atoms. The number of H-pyrrole nitrogens is 1. The summed E-state index contributed by atoms with van der Waals surface area (Å²) in [5.41, 5.74) is 7.59. The fourth-order valence-electron chi connectivity index (χ4n) is 1.70. The molecule has 1 aromatic heterocycles. The van der Waals surface area contributed by atoms with Gasteiger partial charge in [-0.25, -0.2) is 4.98 Å². The van der Waals surface area contributed by atoms with Crippen molar-refractivity contribution in [3.05, 3.63) is 36.3 Å². The first-order chi connectivity index (χ1) is 8.26. The van der Waals surface area contributed by atoms with Gasteiger partial charge in [0.1, 0.15) is 11.6 Å². The molecule has 0 fully saturated rings. The molecule has 1 heterocycles. The number of benzene rings is 1. The molecule has 1 aromatic carbocycles. The number of aromatic amines is 1. The van der Waals surface area contributed by atoms with Crippen LogP contribution in [0.15, 0.2) is 30.5 Å². The summed E-state index contributed by atoms with van der Waals surface area (Å²) in [7, 11) is 1.67. The summed E-state index contributed by atoms with van der Waals surface area (Å²) in [6, 6.07) is 7.86. The number of hydrogen-bond acceptors (Lipinski definition) is 3. The van der Waals surface area contributed by atoms with Crippen molar-refractivity contribution in [3.63, 3.8) is 0 Å². The Morgan fingerprint density at radius 1 is 1.41 bits per heavy atom. The van der Waals surface area contributed by atoms with Crippen molar-refractivity contribution >= 4 is 0 Å². The highest BCUT2D eigenvalue weighted by Gasteiger charge is 2.11. The van der Waals surface area contributed by atoms with E-state index >= 15 is 0 Å². The lowest BCUT2D eigenvalue weighted by Gasteiger charge is -2.06. The van der Waals surface area contributed by atoms with E-state index in [9.17, 15) is 0 Å². The Morgan fingerprint density at radius 2 is 2.18 bits per heavy atom. The Labute approximate surface area is 101 Å². The fraction of sp³-hybridized carbons (Fsp3) is 0.308. The molecular weight excluding hydrogens is 214 g/mol. The smallest absolute Gasteiger partial charge is 0.128 e. The summed E-state index contributed by atoms with van der Waals surface area (Å²) in [5.74, 6) is 1.98. The number of methoxy groups -OCH3 is 1. The maximum Gasteiger partial charge on any atom is 0.128 e. The van der Waals surface area contributed by atoms with Crippen LogP contribution in [-0.2, 0) is 0 Å². The summed E-state index contributed by atoms with van der Waals surface area (Å²) >= 11 is 0. The highest BCUT2D eigenvalue weighted by molar-refractivity contribution is 5.66. The average molecular weight is 231 g/mol. The lowest BCUT2D eigenvalue weighted by molar-refractivity contribution is 0.416. The van der Waals surface area contributed by atoms with Gasteiger partial charge in [0.15, 0.2) is 0 Å². The minimum atomic E-state index is 0.235. The molecule has 4 nitrogen and oxygen atoms in total. The molecule has 0 radical (unpaired) electrons. The first-order valence-electron chi connectivity index (χ1n) is 5.64. The molecule has 0 saturated carbocycles. The van der Waals surface area contributed by atoms with Gasteiger partial charge in [-0.05, 0) is 12.1 Å². The maximum atomic E-state index is 5.62. The molecule has 1 unspecified atom stereocenters. The highest BCUT2D eigenvalue weighted by atomic mass is 16.5. The second kappa shape index (κ2) is 5.01. The van der Waals surface area contributed by atoms with Crippen LogP contribution >= 0.6 is 0 Å². The monoisotopic (exact) mass is 231 g/mol. The summed E-state index contributed by atoms with van der Waals surface area (Å²) in [4.78, 5) is 7.63. The van der Waals surface area contributed by atoms with E-state index in [0.717, 1.165) is 22.8 Å². The topological polar surface area (TPSA) is 63.9 Å². The van der Waals surface area contributed by atoms with Crippen LogP contribution in [0.3, 0.4) is 0 Å². The van der Waals surface area contributed by atoms with Crippen LogP contribution in [0.1, 0.15) is 18.7 Å². The van der Waals surface area contributed by atoms with Crippen LogP contribution in [0.25, 0.3) is 11.3 Å². The first-order valence-corrected chi connectivity index (χ1v) is 5.64. The van der Waals surface area contributed by atoms with E-state index in [1.54, 1.807) is 7.11 Å². The van der Waals surface area contributed by atoms with Crippen LogP contribution in [0.5, 0.6) is 5.75 Å². The minimum absolute atomic E-state index is 0.235. The van der Waals surface area contributed by atoms with Gasteiger partial charge < -0.3 is 15.5 Å². The predicted octanol–water partition coefficient (Wildman–Crippen LogP) is 2.15. The van der Waals surface area contributed by atoms with Crippen molar-refractivity contribution in [1.29, 1.82) is 0 Å². The zero-order valence-corrected chi connectivity index (χ0v) is 10.1. The standard InChI is InChI=1S/C13H17N3O/c1-9(7-14)13-15-8-11(16-13)10-5-3-4-6-12(10)17-2/h3-6,8-9H,7,14H2,1-2H3,(H,15,16). The van der Waals surface area contributed by atoms with E-state index in [0.29, 0.717) is 6.54 Å². The number of aromatic nitrogens is 2. The molecule has 0 bridgehead atoms. The summed E-state index contributed by atoms with van der Waals surface area (Å²) in [6.45, 7) is 2.63. The van der Waals surface area contributed by atoms with Gasteiger partial charge in [0.05, 0.1) is 19.0 Å². The van der Waals surface area contributed by atoms with Crippen LogP contribution in [-0.4, -0.2) is 23.6 Å². The molecule has 2 aromatic rings. The lowest BCUT2D eigenvalue weighted by Crippen LogP contribution is -2.10. The third-order valence-corrected chi connectivity index (χ3v) is 2.81. The Kier molecular flexibility index (Phi) is 3.44. The predicted molar refractivity (Wildman–Crippen MR) is 68.0 cm³/mol. The summed E-state index contributed by atoms with van der Waals surface area (Å²) in [5, 5.41) is 0. The minimum Gasteiger partial charge on any atom is -0.496 e.